The van der Waals surface area contributed by atoms with Gasteiger partial charge in [-0.05, 0) is 34.8 Å². The van der Waals surface area contributed by atoms with Gasteiger partial charge in [0.15, 0.2) is 12.0 Å². The Morgan fingerprint density at radius 2 is 2.35 bits per heavy atom. The quantitative estimate of drug-likeness (QED) is 0.873. The molecule has 2 heterocycles. The van der Waals surface area contributed by atoms with Gasteiger partial charge in [0.05, 0.1) is 0 Å². The Morgan fingerprint density at radius 1 is 1.59 bits per heavy atom. The maximum Gasteiger partial charge on any atom is 0.257 e. The molecule has 1 aromatic rings. The van der Waals surface area contributed by atoms with Crippen LogP contribution in [0.4, 0.5) is 0 Å². The minimum absolute atomic E-state index is 0.0985. The van der Waals surface area contributed by atoms with Crippen LogP contribution in [0.3, 0.4) is 0 Å². The second-order valence-corrected chi connectivity index (χ2v) is 6.60. The highest BCUT2D eigenvalue weighted by atomic mass is 79.9. The zero-order valence-electron chi connectivity index (χ0n) is 8.67. The number of aliphatic imine (C=N–C) groups is 1. The van der Waals surface area contributed by atoms with E-state index in [4.69, 9.17) is 11.6 Å². The molecule has 1 unspecified atom stereocenters. The van der Waals surface area contributed by atoms with Crippen molar-refractivity contribution in [3.05, 3.63) is 19.8 Å². The summed E-state index contributed by atoms with van der Waals surface area (Å²) in [5.41, 5.74) is 0. The zero-order valence-corrected chi connectivity index (χ0v) is 11.8. The number of guanidine groups is 1. The Kier molecular flexibility index (Phi) is 2.88. The topological polar surface area (TPSA) is 53.5 Å². The molecule has 1 aromatic heterocycles. The normalized spacial score (nSPS) is 23.5. The standard InChI is InChI=1S/C10H9BrClN3OS/c11-5-3-6(17-8(5)12)7-9(16)15-10(14-7)13-4-1-2-4/h3-4,7H,1-2H2,(H2,13,14,15,16). The van der Waals surface area contributed by atoms with Crippen molar-refractivity contribution in [1.29, 1.82) is 0 Å². The van der Waals surface area contributed by atoms with Crippen LogP contribution in [0, 0.1) is 0 Å². The summed E-state index contributed by atoms with van der Waals surface area (Å²) in [5.74, 6) is 0.488. The summed E-state index contributed by atoms with van der Waals surface area (Å²) in [5, 5.41) is 5.93. The number of halogens is 2. The van der Waals surface area contributed by atoms with Crippen LogP contribution in [0.25, 0.3) is 0 Å². The first-order chi connectivity index (χ1) is 8.13. The van der Waals surface area contributed by atoms with Gasteiger partial charge in [0.2, 0.25) is 0 Å². The van der Waals surface area contributed by atoms with Crippen LogP contribution in [0.1, 0.15) is 23.8 Å². The number of carbonyl (C=O) groups excluding carboxylic acids is 1. The van der Waals surface area contributed by atoms with Crippen molar-refractivity contribution in [2.24, 2.45) is 4.99 Å². The molecule has 1 atom stereocenters. The number of thiophene rings is 1. The number of nitrogens with zero attached hydrogens (tertiary/aromatic N) is 1. The van der Waals surface area contributed by atoms with Crippen LogP contribution in [0.2, 0.25) is 4.34 Å². The number of hydrogen-bond donors (Lipinski definition) is 2. The molecule has 17 heavy (non-hydrogen) atoms. The van der Waals surface area contributed by atoms with Gasteiger partial charge in [-0.2, -0.15) is 0 Å². The number of amides is 1. The Morgan fingerprint density at radius 3 is 2.94 bits per heavy atom. The van der Waals surface area contributed by atoms with Crippen LogP contribution in [-0.2, 0) is 4.79 Å². The van der Waals surface area contributed by atoms with E-state index >= 15 is 0 Å². The van der Waals surface area contributed by atoms with Gasteiger partial charge in [-0.25, -0.2) is 4.99 Å². The molecule has 0 saturated heterocycles. The number of hydrogen-bond acceptors (Lipinski definition) is 4. The van der Waals surface area contributed by atoms with Crippen molar-refractivity contribution < 1.29 is 4.79 Å². The summed E-state index contributed by atoms with van der Waals surface area (Å²) in [6, 6.07) is 1.86. The molecule has 0 bridgehead atoms. The molecule has 1 saturated carbocycles. The molecular weight excluding hydrogens is 326 g/mol. The van der Waals surface area contributed by atoms with E-state index in [9.17, 15) is 4.79 Å². The summed E-state index contributed by atoms with van der Waals surface area (Å²) in [6.45, 7) is 0. The van der Waals surface area contributed by atoms with Gasteiger partial charge >= 0.3 is 0 Å². The summed E-state index contributed by atoms with van der Waals surface area (Å²) >= 11 is 10.7. The van der Waals surface area contributed by atoms with Crippen LogP contribution in [0.5, 0.6) is 0 Å². The van der Waals surface area contributed by atoms with Crippen molar-refractivity contribution in [2.45, 2.75) is 24.9 Å². The van der Waals surface area contributed by atoms with E-state index in [1.165, 1.54) is 11.3 Å². The Labute approximate surface area is 116 Å². The highest BCUT2D eigenvalue weighted by Crippen LogP contribution is 2.37. The first-order valence-corrected chi connectivity index (χ1v) is 7.22. The van der Waals surface area contributed by atoms with Crippen LogP contribution in [0.15, 0.2) is 15.5 Å². The molecule has 1 aliphatic carbocycles. The third kappa shape index (κ3) is 2.34. The SMILES string of the molecule is O=C1NC(NC2CC2)=NC1c1cc(Br)c(Cl)s1. The average Bonchev–Trinajstić information content (AvgIpc) is 2.91. The predicted octanol–water partition coefficient (Wildman–Crippen LogP) is 2.44. The van der Waals surface area contributed by atoms with E-state index in [1.807, 2.05) is 6.07 Å². The van der Waals surface area contributed by atoms with Gasteiger partial charge in [-0.3, -0.25) is 10.1 Å². The highest BCUT2D eigenvalue weighted by Gasteiger charge is 2.32. The van der Waals surface area contributed by atoms with Gasteiger partial charge in [0.1, 0.15) is 4.34 Å². The van der Waals surface area contributed by atoms with Gasteiger partial charge in [0, 0.05) is 15.4 Å². The maximum absolute atomic E-state index is 11.8. The van der Waals surface area contributed by atoms with Crippen LogP contribution >= 0.6 is 38.9 Å². The predicted molar refractivity (Wildman–Crippen MR) is 71.5 cm³/mol. The molecule has 1 fully saturated rings. The lowest BCUT2D eigenvalue weighted by atomic mass is 10.2. The lowest BCUT2D eigenvalue weighted by molar-refractivity contribution is -0.120. The molecule has 0 spiro atoms. The van der Waals surface area contributed by atoms with Crippen LogP contribution in [-0.4, -0.2) is 17.9 Å². The van der Waals surface area contributed by atoms with Gasteiger partial charge in [0.25, 0.3) is 5.91 Å². The zero-order chi connectivity index (χ0) is 12.0. The fourth-order valence-electron chi connectivity index (χ4n) is 1.59. The molecule has 7 heteroatoms. The molecule has 1 amide bonds. The summed E-state index contributed by atoms with van der Waals surface area (Å²) in [6.07, 6.45) is 2.30. The molecule has 0 aromatic carbocycles. The summed E-state index contributed by atoms with van der Waals surface area (Å²) in [7, 11) is 0. The van der Waals surface area contributed by atoms with Gasteiger partial charge in [-0.1, -0.05) is 11.6 Å². The molecule has 2 aliphatic rings. The van der Waals surface area contributed by atoms with E-state index in [1.54, 1.807) is 0 Å². The van der Waals surface area contributed by atoms with Crippen molar-refractivity contribution >= 4 is 50.7 Å². The highest BCUT2D eigenvalue weighted by molar-refractivity contribution is 9.10. The lowest BCUT2D eigenvalue weighted by Crippen LogP contribution is -2.37. The number of nitrogens with one attached hydrogen (secondary N) is 2. The van der Waals surface area contributed by atoms with Crippen molar-refractivity contribution in [1.82, 2.24) is 10.6 Å². The number of rotatable bonds is 2. The molecular formula is C10H9BrClN3OS. The van der Waals surface area contributed by atoms with Crippen LogP contribution < -0.4 is 10.6 Å². The summed E-state index contributed by atoms with van der Waals surface area (Å²) < 4.78 is 1.46. The second-order valence-electron chi connectivity index (χ2n) is 4.06. The maximum atomic E-state index is 11.8. The molecule has 2 N–H and O–H groups in total. The fourth-order valence-corrected chi connectivity index (χ4v) is 3.36. The Balaban J connectivity index is 1.81. The van der Waals surface area contributed by atoms with Gasteiger partial charge in [-0.15, -0.1) is 11.3 Å². The first-order valence-electron chi connectivity index (χ1n) is 5.23. The molecule has 4 nitrogen and oxygen atoms in total. The second kappa shape index (κ2) is 4.26. The fraction of sp³-hybridized carbons (Fsp3) is 0.400. The molecule has 0 radical (unpaired) electrons. The third-order valence-electron chi connectivity index (χ3n) is 2.60. The average molecular weight is 335 g/mol. The largest absolute Gasteiger partial charge is 0.353 e. The van der Waals surface area contributed by atoms with E-state index in [-0.39, 0.29) is 5.91 Å². The minimum Gasteiger partial charge on any atom is -0.353 e. The Bertz CT molecular complexity index is 492. The first kappa shape index (κ1) is 11.5. The van der Waals surface area contributed by atoms with Crippen molar-refractivity contribution in [3.63, 3.8) is 0 Å². The van der Waals surface area contributed by atoms with E-state index in [0.29, 0.717) is 16.3 Å². The lowest BCUT2D eigenvalue weighted by Gasteiger charge is -2.01. The van der Waals surface area contributed by atoms with E-state index in [2.05, 4.69) is 31.6 Å². The molecule has 1 aliphatic heterocycles. The number of carbonyl (C=O) groups is 1. The Hall–Kier alpha value is -0.590. The van der Waals surface area contributed by atoms with Crippen molar-refractivity contribution in [3.8, 4) is 0 Å². The third-order valence-corrected chi connectivity index (χ3v) is 5.13. The molecule has 90 valence electrons. The smallest absolute Gasteiger partial charge is 0.257 e. The van der Waals surface area contributed by atoms with E-state index in [0.717, 1.165) is 22.2 Å². The molecule has 3 rings (SSSR count). The summed E-state index contributed by atoms with van der Waals surface area (Å²) in [4.78, 5) is 17.0. The monoisotopic (exact) mass is 333 g/mol. The van der Waals surface area contributed by atoms with Crippen molar-refractivity contribution in [2.75, 3.05) is 0 Å². The van der Waals surface area contributed by atoms with E-state index < -0.39 is 6.04 Å². The minimum atomic E-state index is -0.468. The van der Waals surface area contributed by atoms with Gasteiger partial charge < -0.3 is 5.32 Å².